The molecule has 0 fully saturated rings. The molecule has 1 atom stereocenters. The standard InChI is InChI=1S/C14H19N3/c1-4-12(2)14-11-13(7-8-15-14)16(3)17-9-5-6-10-17/h5-12H,4H2,1-3H3. The average Bonchev–Trinajstić information content (AvgIpc) is 2.91. The van der Waals surface area contributed by atoms with Gasteiger partial charge in [0, 0.05) is 31.3 Å². The second-order valence-electron chi connectivity index (χ2n) is 4.33. The predicted molar refractivity (Wildman–Crippen MR) is 71.2 cm³/mol. The molecule has 0 bridgehead atoms. The minimum Gasteiger partial charge on any atom is -0.285 e. The van der Waals surface area contributed by atoms with Crippen LogP contribution in [0.25, 0.3) is 0 Å². The van der Waals surface area contributed by atoms with Crippen molar-refractivity contribution < 1.29 is 0 Å². The second kappa shape index (κ2) is 5.04. The van der Waals surface area contributed by atoms with Crippen LogP contribution in [0.3, 0.4) is 0 Å². The first-order valence-corrected chi connectivity index (χ1v) is 6.05. The Labute approximate surface area is 103 Å². The molecule has 2 heterocycles. The lowest BCUT2D eigenvalue weighted by molar-refractivity contribution is 0.704. The Kier molecular flexibility index (Phi) is 3.47. The molecule has 2 aromatic heterocycles. The minimum absolute atomic E-state index is 0.507. The Hall–Kier alpha value is -1.77. The van der Waals surface area contributed by atoms with Gasteiger partial charge in [0.1, 0.15) is 0 Å². The van der Waals surface area contributed by atoms with Crippen molar-refractivity contribution in [3.63, 3.8) is 0 Å². The van der Waals surface area contributed by atoms with Crippen LogP contribution in [-0.2, 0) is 0 Å². The molecule has 3 nitrogen and oxygen atoms in total. The highest BCUT2D eigenvalue weighted by Gasteiger charge is 2.07. The second-order valence-corrected chi connectivity index (χ2v) is 4.33. The third-order valence-electron chi connectivity index (χ3n) is 3.19. The van der Waals surface area contributed by atoms with E-state index in [9.17, 15) is 0 Å². The number of pyridine rings is 1. The van der Waals surface area contributed by atoms with E-state index in [0.717, 1.165) is 17.8 Å². The number of hydrogen-bond acceptors (Lipinski definition) is 2. The monoisotopic (exact) mass is 229 g/mol. The van der Waals surface area contributed by atoms with Crippen molar-refractivity contribution in [3.05, 3.63) is 48.5 Å². The summed E-state index contributed by atoms with van der Waals surface area (Å²) in [5, 5.41) is 2.10. The van der Waals surface area contributed by atoms with E-state index in [4.69, 9.17) is 0 Å². The molecule has 0 spiro atoms. The summed E-state index contributed by atoms with van der Waals surface area (Å²) < 4.78 is 2.05. The molecule has 1 unspecified atom stereocenters. The van der Waals surface area contributed by atoms with Crippen LogP contribution in [0.1, 0.15) is 31.9 Å². The van der Waals surface area contributed by atoms with E-state index in [0.29, 0.717) is 5.92 Å². The number of aromatic nitrogens is 2. The van der Waals surface area contributed by atoms with Crippen molar-refractivity contribution in [2.24, 2.45) is 0 Å². The van der Waals surface area contributed by atoms with Crippen LogP contribution in [0, 0.1) is 0 Å². The largest absolute Gasteiger partial charge is 0.285 e. The van der Waals surface area contributed by atoms with Crippen LogP contribution in [0.5, 0.6) is 0 Å². The number of hydrogen-bond donors (Lipinski definition) is 0. The summed E-state index contributed by atoms with van der Waals surface area (Å²) in [6.07, 6.45) is 7.06. The van der Waals surface area contributed by atoms with E-state index in [2.05, 4.69) is 41.6 Å². The Morgan fingerprint density at radius 3 is 2.71 bits per heavy atom. The van der Waals surface area contributed by atoms with Crippen LogP contribution < -0.4 is 5.01 Å². The topological polar surface area (TPSA) is 21.1 Å². The molecule has 90 valence electrons. The fourth-order valence-electron chi connectivity index (χ4n) is 1.78. The van der Waals surface area contributed by atoms with Crippen molar-refractivity contribution in [1.82, 2.24) is 9.66 Å². The normalized spacial score (nSPS) is 12.4. The van der Waals surface area contributed by atoms with E-state index in [1.807, 2.05) is 36.8 Å². The summed E-state index contributed by atoms with van der Waals surface area (Å²) in [6, 6.07) is 8.24. The molecular weight excluding hydrogens is 210 g/mol. The van der Waals surface area contributed by atoms with Gasteiger partial charge in [0.25, 0.3) is 0 Å². The van der Waals surface area contributed by atoms with E-state index in [1.165, 1.54) is 0 Å². The van der Waals surface area contributed by atoms with Crippen molar-refractivity contribution in [3.8, 4) is 0 Å². The highest BCUT2D eigenvalue weighted by Crippen LogP contribution is 2.21. The van der Waals surface area contributed by atoms with Gasteiger partial charge in [0.15, 0.2) is 0 Å². The highest BCUT2D eigenvalue weighted by molar-refractivity contribution is 5.45. The molecule has 2 aromatic rings. The zero-order valence-corrected chi connectivity index (χ0v) is 10.7. The molecule has 0 aromatic carbocycles. The molecular formula is C14H19N3. The van der Waals surface area contributed by atoms with E-state index in [-0.39, 0.29) is 0 Å². The van der Waals surface area contributed by atoms with Gasteiger partial charge in [-0.25, -0.2) is 0 Å². The van der Waals surface area contributed by atoms with Gasteiger partial charge in [-0.1, -0.05) is 13.8 Å². The summed E-state index contributed by atoms with van der Waals surface area (Å²) >= 11 is 0. The van der Waals surface area contributed by atoms with Gasteiger partial charge in [0.05, 0.1) is 5.69 Å². The molecule has 0 saturated heterocycles. The van der Waals surface area contributed by atoms with Crippen molar-refractivity contribution in [2.45, 2.75) is 26.2 Å². The quantitative estimate of drug-likeness (QED) is 0.802. The molecule has 0 radical (unpaired) electrons. The maximum atomic E-state index is 4.44. The lowest BCUT2D eigenvalue weighted by Crippen LogP contribution is -2.22. The van der Waals surface area contributed by atoms with E-state index < -0.39 is 0 Å². The average molecular weight is 229 g/mol. The molecule has 0 N–H and O–H groups in total. The van der Waals surface area contributed by atoms with Crippen LogP contribution >= 0.6 is 0 Å². The lowest BCUT2D eigenvalue weighted by Gasteiger charge is -2.21. The Morgan fingerprint density at radius 1 is 1.35 bits per heavy atom. The van der Waals surface area contributed by atoms with Gasteiger partial charge in [-0.3, -0.25) is 14.7 Å². The van der Waals surface area contributed by atoms with Crippen molar-refractivity contribution >= 4 is 5.69 Å². The first-order valence-electron chi connectivity index (χ1n) is 6.05. The first-order chi connectivity index (χ1) is 8.22. The Morgan fingerprint density at radius 2 is 2.06 bits per heavy atom. The Balaban J connectivity index is 2.27. The van der Waals surface area contributed by atoms with Crippen LogP contribution in [-0.4, -0.2) is 16.7 Å². The van der Waals surface area contributed by atoms with Gasteiger partial charge < -0.3 is 0 Å². The molecule has 17 heavy (non-hydrogen) atoms. The fraction of sp³-hybridized carbons (Fsp3) is 0.357. The van der Waals surface area contributed by atoms with Crippen molar-refractivity contribution in [2.75, 3.05) is 12.1 Å². The third-order valence-corrected chi connectivity index (χ3v) is 3.19. The van der Waals surface area contributed by atoms with Crippen molar-refractivity contribution in [1.29, 1.82) is 0 Å². The van der Waals surface area contributed by atoms with Gasteiger partial charge in [-0.2, -0.15) is 0 Å². The van der Waals surface area contributed by atoms with Gasteiger partial charge in [-0.05, 0) is 36.6 Å². The minimum atomic E-state index is 0.507. The molecule has 0 amide bonds. The zero-order valence-electron chi connectivity index (χ0n) is 10.7. The SMILES string of the molecule is CCC(C)c1cc(N(C)n2cccc2)ccn1. The van der Waals surface area contributed by atoms with Gasteiger partial charge in [0.2, 0.25) is 0 Å². The number of nitrogens with zero attached hydrogens (tertiary/aromatic N) is 3. The van der Waals surface area contributed by atoms with E-state index in [1.54, 1.807) is 0 Å². The maximum absolute atomic E-state index is 4.44. The first kappa shape index (κ1) is 11.7. The summed E-state index contributed by atoms with van der Waals surface area (Å²) in [5.41, 5.74) is 2.32. The van der Waals surface area contributed by atoms with Crippen LogP contribution in [0.4, 0.5) is 5.69 Å². The number of rotatable bonds is 4. The van der Waals surface area contributed by atoms with Crippen LogP contribution in [0.15, 0.2) is 42.9 Å². The van der Waals surface area contributed by atoms with E-state index >= 15 is 0 Å². The predicted octanol–water partition coefficient (Wildman–Crippen LogP) is 3.30. The number of anilines is 1. The molecule has 0 aliphatic heterocycles. The summed E-state index contributed by atoms with van der Waals surface area (Å²) in [6.45, 7) is 4.40. The van der Waals surface area contributed by atoms with Gasteiger partial charge in [-0.15, -0.1) is 0 Å². The molecule has 0 aliphatic carbocycles. The molecule has 0 saturated carbocycles. The molecule has 0 aliphatic rings. The van der Waals surface area contributed by atoms with Gasteiger partial charge >= 0.3 is 0 Å². The smallest absolute Gasteiger partial charge is 0.0608 e. The molecule has 3 heteroatoms. The molecule has 2 rings (SSSR count). The zero-order chi connectivity index (χ0) is 12.3. The summed E-state index contributed by atoms with van der Waals surface area (Å²) in [7, 11) is 2.05. The maximum Gasteiger partial charge on any atom is 0.0608 e. The third kappa shape index (κ3) is 2.49. The highest BCUT2D eigenvalue weighted by atomic mass is 15.5. The Bertz CT molecular complexity index is 462. The fourth-order valence-corrected chi connectivity index (χ4v) is 1.78. The summed E-state index contributed by atoms with van der Waals surface area (Å²) in [4.78, 5) is 4.44. The summed E-state index contributed by atoms with van der Waals surface area (Å²) in [5.74, 6) is 0.507. The van der Waals surface area contributed by atoms with Crippen LogP contribution in [0.2, 0.25) is 0 Å². The lowest BCUT2D eigenvalue weighted by atomic mass is 10.0.